The zero-order chi connectivity index (χ0) is 19.7. The van der Waals surface area contributed by atoms with Crippen LogP contribution in [0.5, 0.6) is 0 Å². The molecule has 1 aromatic carbocycles. The van der Waals surface area contributed by atoms with E-state index < -0.39 is 0 Å². The average Bonchev–Trinajstić information content (AvgIpc) is 2.90. The van der Waals surface area contributed by atoms with Crippen LogP contribution < -0.4 is 0 Å². The lowest BCUT2D eigenvalue weighted by atomic mass is 10.2. The summed E-state index contributed by atoms with van der Waals surface area (Å²) in [6.07, 6.45) is 0.737. The first-order chi connectivity index (χ1) is 13.5. The van der Waals surface area contributed by atoms with Crippen LogP contribution >= 0.6 is 0 Å². The van der Waals surface area contributed by atoms with E-state index in [1.165, 1.54) is 0 Å². The molecule has 0 N–H and O–H groups in total. The molecule has 1 aliphatic rings. The molecule has 4 rings (SSSR count). The van der Waals surface area contributed by atoms with Gasteiger partial charge in [-0.25, -0.2) is 4.98 Å². The average molecular weight is 377 g/mol. The van der Waals surface area contributed by atoms with Gasteiger partial charge >= 0.3 is 0 Å². The van der Waals surface area contributed by atoms with Crippen LogP contribution in [0.15, 0.2) is 46.9 Å². The number of amides is 2. The lowest BCUT2D eigenvalue weighted by Crippen LogP contribution is -2.37. The first-order valence-electron chi connectivity index (χ1n) is 9.54. The molecule has 6 heteroatoms. The van der Waals surface area contributed by atoms with E-state index in [4.69, 9.17) is 4.42 Å². The largest absolute Gasteiger partial charge is 0.466 e. The molecule has 0 spiro atoms. The fourth-order valence-electron chi connectivity index (χ4n) is 3.68. The van der Waals surface area contributed by atoms with Gasteiger partial charge in [0.15, 0.2) is 0 Å². The SMILES string of the molecule is Cc1cc(C(=O)N2CCCN(C(=O)c3ccc4ccccc4n3)CC2)c(C)o1. The molecule has 1 fully saturated rings. The Labute approximate surface area is 163 Å². The minimum atomic E-state index is -0.0876. The standard InChI is InChI=1S/C22H23N3O3/c1-15-14-18(16(2)28-15)21(26)24-10-5-11-25(13-12-24)22(27)20-9-8-17-6-3-4-7-19(17)23-20/h3-4,6-9,14H,5,10-13H2,1-2H3. The van der Waals surface area contributed by atoms with Gasteiger partial charge in [0.1, 0.15) is 17.2 Å². The smallest absolute Gasteiger partial charge is 0.272 e. The van der Waals surface area contributed by atoms with E-state index in [2.05, 4.69) is 4.98 Å². The highest BCUT2D eigenvalue weighted by Gasteiger charge is 2.26. The van der Waals surface area contributed by atoms with Crippen LogP contribution in [0.1, 0.15) is 38.8 Å². The zero-order valence-electron chi connectivity index (χ0n) is 16.1. The fraction of sp³-hybridized carbons (Fsp3) is 0.318. The van der Waals surface area contributed by atoms with E-state index in [9.17, 15) is 9.59 Å². The summed E-state index contributed by atoms with van der Waals surface area (Å²) in [4.78, 5) is 33.9. The van der Waals surface area contributed by atoms with Gasteiger partial charge in [-0.3, -0.25) is 9.59 Å². The molecule has 1 aliphatic heterocycles. The summed E-state index contributed by atoms with van der Waals surface area (Å²) in [5, 5.41) is 1.01. The van der Waals surface area contributed by atoms with Crippen molar-refractivity contribution in [3.05, 3.63) is 65.2 Å². The fourth-order valence-corrected chi connectivity index (χ4v) is 3.68. The van der Waals surface area contributed by atoms with Crippen molar-refractivity contribution in [2.45, 2.75) is 20.3 Å². The molecule has 0 aliphatic carbocycles. The first-order valence-corrected chi connectivity index (χ1v) is 9.54. The number of hydrogen-bond acceptors (Lipinski definition) is 4. The van der Waals surface area contributed by atoms with E-state index >= 15 is 0 Å². The Balaban J connectivity index is 1.47. The van der Waals surface area contributed by atoms with Crippen molar-refractivity contribution in [3.63, 3.8) is 0 Å². The molecule has 144 valence electrons. The molecule has 0 atom stereocenters. The third kappa shape index (κ3) is 3.50. The molecule has 0 radical (unpaired) electrons. The van der Waals surface area contributed by atoms with E-state index in [0.29, 0.717) is 43.2 Å². The Kier molecular flexibility index (Phi) is 4.86. The lowest BCUT2D eigenvalue weighted by Gasteiger charge is -2.22. The molecule has 3 aromatic rings. The number of pyridine rings is 1. The van der Waals surface area contributed by atoms with Crippen LogP contribution in [-0.2, 0) is 0 Å². The Bertz CT molecular complexity index is 1040. The van der Waals surface area contributed by atoms with Gasteiger partial charge < -0.3 is 14.2 Å². The number of hydrogen-bond donors (Lipinski definition) is 0. The summed E-state index contributed by atoms with van der Waals surface area (Å²) >= 11 is 0. The van der Waals surface area contributed by atoms with Gasteiger partial charge in [-0.15, -0.1) is 0 Å². The molecule has 0 saturated carbocycles. The van der Waals surface area contributed by atoms with E-state index in [0.717, 1.165) is 23.1 Å². The van der Waals surface area contributed by atoms with Crippen molar-refractivity contribution in [3.8, 4) is 0 Å². The molecule has 3 heterocycles. The number of aromatic nitrogens is 1. The van der Waals surface area contributed by atoms with E-state index in [-0.39, 0.29) is 11.8 Å². The molecule has 2 amide bonds. The van der Waals surface area contributed by atoms with Crippen molar-refractivity contribution in [1.29, 1.82) is 0 Å². The van der Waals surface area contributed by atoms with Crippen molar-refractivity contribution in [2.24, 2.45) is 0 Å². The van der Waals surface area contributed by atoms with Crippen LogP contribution in [0.4, 0.5) is 0 Å². The third-order valence-electron chi connectivity index (χ3n) is 5.16. The summed E-state index contributed by atoms with van der Waals surface area (Å²) in [7, 11) is 0. The Morgan fingerprint density at radius 3 is 2.36 bits per heavy atom. The Morgan fingerprint density at radius 1 is 0.929 bits per heavy atom. The van der Waals surface area contributed by atoms with Crippen molar-refractivity contribution < 1.29 is 14.0 Å². The second-order valence-corrected chi connectivity index (χ2v) is 7.15. The van der Waals surface area contributed by atoms with Crippen LogP contribution in [0.25, 0.3) is 10.9 Å². The molecule has 28 heavy (non-hydrogen) atoms. The summed E-state index contributed by atoms with van der Waals surface area (Å²) in [6, 6.07) is 13.2. The summed E-state index contributed by atoms with van der Waals surface area (Å²) in [5.74, 6) is 1.25. The highest BCUT2D eigenvalue weighted by molar-refractivity contribution is 5.96. The van der Waals surface area contributed by atoms with E-state index in [1.807, 2.05) is 37.3 Å². The van der Waals surface area contributed by atoms with Crippen molar-refractivity contribution in [1.82, 2.24) is 14.8 Å². The zero-order valence-corrected chi connectivity index (χ0v) is 16.1. The highest BCUT2D eigenvalue weighted by atomic mass is 16.3. The van der Waals surface area contributed by atoms with Gasteiger partial charge in [-0.2, -0.15) is 0 Å². The molecule has 1 saturated heterocycles. The summed E-state index contributed by atoms with van der Waals surface area (Å²) in [5.41, 5.74) is 1.86. The van der Waals surface area contributed by atoms with Gasteiger partial charge in [0.25, 0.3) is 11.8 Å². The number of aryl methyl sites for hydroxylation is 2. The van der Waals surface area contributed by atoms with Crippen LogP contribution in [0, 0.1) is 13.8 Å². The molecule has 2 aromatic heterocycles. The molecular formula is C22H23N3O3. The quantitative estimate of drug-likeness (QED) is 0.686. The number of fused-ring (bicyclic) bond motifs is 1. The number of carbonyl (C=O) groups excluding carboxylic acids is 2. The van der Waals surface area contributed by atoms with Crippen molar-refractivity contribution in [2.75, 3.05) is 26.2 Å². The maximum atomic E-state index is 12.9. The minimum Gasteiger partial charge on any atom is -0.466 e. The number of carbonyl (C=O) groups is 2. The van der Waals surface area contributed by atoms with Crippen LogP contribution in [0.2, 0.25) is 0 Å². The predicted molar refractivity (Wildman–Crippen MR) is 106 cm³/mol. The summed E-state index contributed by atoms with van der Waals surface area (Å²) in [6.45, 7) is 5.87. The van der Waals surface area contributed by atoms with Crippen molar-refractivity contribution >= 4 is 22.7 Å². The van der Waals surface area contributed by atoms with Gasteiger partial charge in [0.2, 0.25) is 0 Å². The predicted octanol–water partition coefficient (Wildman–Crippen LogP) is 3.43. The normalized spacial score (nSPS) is 14.9. The topological polar surface area (TPSA) is 66.7 Å². The van der Waals surface area contributed by atoms with Gasteiger partial charge in [0, 0.05) is 31.6 Å². The second kappa shape index (κ2) is 7.46. The molecule has 0 unspecified atom stereocenters. The van der Waals surface area contributed by atoms with Gasteiger partial charge in [0.05, 0.1) is 11.1 Å². The number of rotatable bonds is 2. The van der Waals surface area contributed by atoms with Gasteiger partial charge in [-0.1, -0.05) is 24.3 Å². The lowest BCUT2D eigenvalue weighted by molar-refractivity contribution is 0.0715. The second-order valence-electron chi connectivity index (χ2n) is 7.15. The first kappa shape index (κ1) is 18.2. The van der Waals surface area contributed by atoms with Gasteiger partial charge in [-0.05, 0) is 38.5 Å². The number of para-hydroxylation sites is 1. The third-order valence-corrected chi connectivity index (χ3v) is 5.16. The van der Waals surface area contributed by atoms with Crippen LogP contribution in [0.3, 0.4) is 0 Å². The molecule has 0 bridgehead atoms. The maximum absolute atomic E-state index is 12.9. The van der Waals surface area contributed by atoms with Crippen LogP contribution in [-0.4, -0.2) is 52.8 Å². The highest BCUT2D eigenvalue weighted by Crippen LogP contribution is 2.18. The Morgan fingerprint density at radius 2 is 1.64 bits per heavy atom. The maximum Gasteiger partial charge on any atom is 0.272 e. The number of furan rings is 1. The minimum absolute atomic E-state index is 0.0347. The van der Waals surface area contributed by atoms with E-state index in [1.54, 1.807) is 28.9 Å². The number of nitrogens with zero attached hydrogens (tertiary/aromatic N) is 3. The Hall–Kier alpha value is -3.15. The number of benzene rings is 1. The molecular weight excluding hydrogens is 354 g/mol. The molecule has 6 nitrogen and oxygen atoms in total. The summed E-state index contributed by atoms with van der Waals surface area (Å²) < 4.78 is 5.49. The monoisotopic (exact) mass is 377 g/mol.